The Balaban J connectivity index is 2.25. The van der Waals surface area contributed by atoms with Crippen molar-refractivity contribution in [3.63, 3.8) is 0 Å². The van der Waals surface area contributed by atoms with Crippen molar-refractivity contribution < 1.29 is 8.78 Å². The molecular formula is C14H13BrF2N2S. The lowest BCUT2D eigenvalue weighted by molar-refractivity contribution is 0.601. The van der Waals surface area contributed by atoms with Crippen molar-refractivity contribution in [2.24, 2.45) is 5.84 Å². The van der Waals surface area contributed by atoms with Crippen LogP contribution in [0.5, 0.6) is 0 Å². The second kappa shape index (κ2) is 6.56. The molecule has 0 fully saturated rings. The molecule has 0 bridgehead atoms. The summed E-state index contributed by atoms with van der Waals surface area (Å²) < 4.78 is 28.3. The van der Waals surface area contributed by atoms with Crippen molar-refractivity contribution in [3.8, 4) is 0 Å². The molecule has 106 valence electrons. The van der Waals surface area contributed by atoms with Gasteiger partial charge < -0.3 is 5.01 Å². The van der Waals surface area contributed by atoms with Crippen LogP contribution in [0.15, 0.2) is 45.8 Å². The zero-order valence-corrected chi connectivity index (χ0v) is 13.1. The number of hydrogen-bond acceptors (Lipinski definition) is 3. The minimum absolute atomic E-state index is 0.302. The van der Waals surface area contributed by atoms with Crippen LogP contribution in [-0.2, 0) is 5.75 Å². The van der Waals surface area contributed by atoms with Gasteiger partial charge in [-0.1, -0.05) is 22.0 Å². The van der Waals surface area contributed by atoms with Gasteiger partial charge in [0.2, 0.25) is 0 Å². The van der Waals surface area contributed by atoms with E-state index in [-0.39, 0.29) is 11.6 Å². The standard InChI is InChI=1S/C14H13BrF2N2S/c1-19(18)13-4-2-3-11(16)10(13)8-20-14-7-9(15)5-6-12(14)17/h2-7H,8,18H2,1H3. The molecule has 0 aliphatic carbocycles. The van der Waals surface area contributed by atoms with Crippen LogP contribution in [0.25, 0.3) is 0 Å². The fourth-order valence-corrected chi connectivity index (χ4v) is 3.27. The van der Waals surface area contributed by atoms with Crippen molar-refractivity contribution in [3.05, 3.63) is 58.1 Å². The molecule has 2 N–H and O–H groups in total. The van der Waals surface area contributed by atoms with Gasteiger partial charge in [-0.3, -0.25) is 0 Å². The minimum atomic E-state index is -0.345. The van der Waals surface area contributed by atoms with Crippen molar-refractivity contribution in [1.82, 2.24) is 0 Å². The Hall–Kier alpha value is -1.11. The Morgan fingerprint density at radius 1 is 1.20 bits per heavy atom. The summed E-state index contributed by atoms with van der Waals surface area (Å²) in [7, 11) is 1.64. The molecule has 0 amide bonds. The predicted octanol–water partition coefficient (Wildman–Crippen LogP) is 4.33. The van der Waals surface area contributed by atoms with E-state index < -0.39 is 0 Å². The summed E-state index contributed by atoms with van der Waals surface area (Å²) in [5, 5.41) is 1.36. The van der Waals surface area contributed by atoms with Crippen LogP contribution < -0.4 is 10.9 Å². The van der Waals surface area contributed by atoms with E-state index in [0.29, 0.717) is 21.9 Å². The van der Waals surface area contributed by atoms with Crippen molar-refractivity contribution in [2.45, 2.75) is 10.6 Å². The molecule has 0 aliphatic rings. The van der Waals surface area contributed by atoms with Gasteiger partial charge in [0.25, 0.3) is 0 Å². The van der Waals surface area contributed by atoms with Crippen LogP contribution in [0.3, 0.4) is 0 Å². The fraction of sp³-hybridized carbons (Fsp3) is 0.143. The third kappa shape index (κ3) is 3.50. The summed E-state index contributed by atoms with van der Waals surface area (Å²) >= 11 is 4.53. The summed E-state index contributed by atoms with van der Waals surface area (Å²) in [6.45, 7) is 0. The molecule has 0 aromatic heterocycles. The fourth-order valence-electron chi connectivity index (χ4n) is 1.76. The van der Waals surface area contributed by atoms with Gasteiger partial charge in [0.05, 0.1) is 5.69 Å². The monoisotopic (exact) mass is 358 g/mol. The highest BCUT2D eigenvalue weighted by Gasteiger charge is 2.12. The zero-order chi connectivity index (χ0) is 14.7. The first-order valence-electron chi connectivity index (χ1n) is 5.82. The molecule has 0 unspecified atom stereocenters. The summed E-state index contributed by atoms with van der Waals surface area (Å²) in [6, 6.07) is 9.39. The molecule has 2 rings (SSSR count). The molecule has 0 saturated heterocycles. The lowest BCUT2D eigenvalue weighted by Crippen LogP contribution is -2.26. The van der Waals surface area contributed by atoms with Gasteiger partial charge in [-0.15, -0.1) is 11.8 Å². The van der Waals surface area contributed by atoms with E-state index in [1.54, 1.807) is 31.3 Å². The number of hydrazine groups is 1. The third-order valence-corrected chi connectivity index (χ3v) is 4.29. The number of hydrogen-bond donors (Lipinski definition) is 1. The molecule has 0 radical (unpaired) electrons. The van der Waals surface area contributed by atoms with Crippen molar-refractivity contribution in [2.75, 3.05) is 12.1 Å². The highest BCUT2D eigenvalue weighted by molar-refractivity contribution is 9.10. The molecule has 6 heteroatoms. The molecule has 0 atom stereocenters. The summed E-state index contributed by atoms with van der Waals surface area (Å²) in [5.41, 5.74) is 1.05. The number of anilines is 1. The molecule has 0 heterocycles. The maximum absolute atomic E-state index is 13.9. The Morgan fingerprint density at radius 2 is 1.95 bits per heavy atom. The number of rotatable bonds is 4. The molecule has 0 saturated carbocycles. The molecule has 0 spiro atoms. The van der Waals surface area contributed by atoms with E-state index in [1.807, 2.05) is 0 Å². The lowest BCUT2D eigenvalue weighted by atomic mass is 10.2. The predicted molar refractivity (Wildman–Crippen MR) is 82.7 cm³/mol. The van der Waals surface area contributed by atoms with Crippen LogP contribution in [0.1, 0.15) is 5.56 Å². The Labute approximate surface area is 129 Å². The average Bonchev–Trinajstić information content (AvgIpc) is 2.40. The summed E-state index contributed by atoms with van der Waals surface area (Å²) in [6.07, 6.45) is 0. The van der Waals surface area contributed by atoms with Crippen LogP contribution >= 0.6 is 27.7 Å². The van der Waals surface area contributed by atoms with Crippen LogP contribution in [0.2, 0.25) is 0 Å². The van der Waals surface area contributed by atoms with E-state index in [9.17, 15) is 8.78 Å². The normalized spacial score (nSPS) is 10.7. The second-order valence-corrected chi connectivity index (χ2v) is 6.14. The molecular weight excluding hydrogens is 346 g/mol. The molecule has 20 heavy (non-hydrogen) atoms. The van der Waals surface area contributed by atoms with Crippen LogP contribution in [-0.4, -0.2) is 7.05 Å². The Morgan fingerprint density at radius 3 is 2.65 bits per heavy atom. The van der Waals surface area contributed by atoms with Crippen LogP contribution in [0.4, 0.5) is 14.5 Å². The summed E-state index contributed by atoms with van der Waals surface area (Å²) in [4.78, 5) is 0.466. The largest absolute Gasteiger partial charge is 0.314 e. The number of nitrogens with two attached hydrogens (primary N) is 1. The maximum atomic E-state index is 13.9. The van der Waals surface area contributed by atoms with E-state index in [1.165, 1.54) is 28.9 Å². The summed E-state index contributed by atoms with van der Waals surface area (Å²) in [5.74, 6) is 5.32. The quantitative estimate of drug-likeness (QED) is 0.501. The lowest BCUT2D eigenvalue weighted by Gasteiger charge is -2.17. The highest BCUT2D eigenvalue weighted by atomic mass is 79.9. The van der Waals surface area contributed by atoms with Gasteiger partial charge in [0.15, 0.2) is 0 Å². The van der Waals surface area contributed by atoms with E-state index in [2.05, 4.69) is 15.9 Å². The van der Waals surface area contributed by atoms with Gasteiger partial charge in [0.1, 0.15) is 11.6 Å². The molecule has 2 nitrogen and oxygen atoms in total. The number of thioether (sulfide) groups is 1. The van der Waals surface area contributed by atoms with Gasteiger partial charge in [-0.25, -0.2) is 14.6 Å². The topological polar surface area (TPSA) is 29.3 Å². The highest BCUT2D eigenvalue weighted by Crippen LogP contribution is 2.32. The first-order valence-corrected chi connectivity index (χ1v) is 7.60. The average molecular weight is 359 g/mol. The minimum Gasteiger partial charge on any atom is -0.314 e. The SMILES string of the molecule is CN(N)c1cccc(F)c1CSc1cc(Br)ccc1F. The first-order chi connectivity index (χ1) is 9.49. The number of nitrogens with zero attached hydrogens (tertiary/aromatic N) is 1. The van der Waals surface area contributed by atoms with Gasteiger partial charge in [-0.2, -0.15) is 0 Å². The van der Waals surface area contributed by atoms with Gasteiger partial charge in [-0.05, 0) is 30.3 Å². The van der Waals surface area contributed by atoms with E-state index >= 15 is 0 Å². The smallest absolute Gasteiger partial charge is 0.136 e. The van der Waals surface area contributed by atoms with E-state index in [0.717, 1.165) is 4.47 Å². The molecule has 0 aliphatic heterocycles. The second-order valence-electron chi connectivity index (χ2n) is 4.21. The number of benzene rings is 2. The van der Waals surface area contributed by atoms with Gasteiger partial charge >= 0.3 is 0 Å². The molecule has 2 aromatic rings. The van der Waals surface area contributed by atoms with Crippen LogP contribution in [0, 0.1) is 11.6 Å². The molecule has 2 aromatic carbocycles. The number of halogens is 3. The maximum Gasteiger partial charge on any atom is 0.136 e. The first kappa shape index (κ1) is 15.3. The van der Waals surface area contributed by atoms with Crippen molar-refractivity contribution >= 4 is 33.4 Å². The van der Waals surface area contributed by atoms with E-state index in [4.69, 9.17) is 5.84 Å². The zero-order valence-electron chi connectivity index (χ0n) is 10.7. The Bertz CT molecular complexity index is 620. The van der Waals surface area contributed by atoms with Crippen molar-refractivity contribution in [1.29, 1.82) is 0 Å². The van der Waals surface area contributed by atoms with Gasteiger partial charge in [0, 0.05) is 27.7 Å². The third-order valence-electron chi connectivity index (χ3n) is 2.74. The Kier molecular flexibility index (Phi) is 5.01.